The maximum absolute atomic E-state index is 11.9. The van der Waals surface area contributed by atoms with Crippen molar-refractivity contribution in [3.63, 3.8) is 0 Å². The van der Waals surface area contributed by atoms with Gasteiger partial charge in [0.2, 0.25) is 0 Å². The van der Waals surface area contributed by atoms with E-state index < -0.39 is 13.4 Å². The minimum atomic E-state index is -2.95. The molecule has 0 spiro atoms. The van der Waals surface area contributed by atoms with Gasteiger partial charge in [0.25, 0.3) is 0 Å². The molecule has 0 radical (unpaired) electrons. The number of ether oxygens (including phenoxy) is 3. The highest BCUT2D eigenvalue weighted by Crippen LogP contribution is 2.47. The van der Waals surface area contributed by atoms with Crippen LogP contribution in [0.3, 0.4) is 0 Å². The molecule has 0 amide bonds. The van der Waals surface area contributed by atoms with Crippen LogP contribution in [0.4, 0.5) is 0 Å². The lowest BCUT2D eigenvalue weighted by molar-refractivity contribution is -0.222. The normalized spacial score (nSPS) is 24.9. The summed E-state index contributed by atoms with van der Waals surface area (Å²) in [7, 11) is 1.46. The van der Waals surface area contributed by atoms with Crippen LogP contribution < -0.4 is 0 Å². The van der Waals surface area contributed by atoms with Crippen LogP contribution in [0.1, 0.15) is 26.7 Å². The van der Waals surface area contributed by atoms with Crippen LogP contribution in [-0.2, 0) is 27.8 Å². The molecule has 2 atom stereocenters. The molecule has 0 N–H and O–H groups in total. The topological polar surface area (TPSA) is 63.2 Å². The Morgan fingerprint density at radius 3 is 2.42 bits per heavy atom. The van der Waals surface area contributed by atoms with Gasteiger partial charge in [0, 0.05) is 27.8 Å². The summed E-state index contributed by atoms with van der Waals surface area (Å²) in [5.74, 6) is -0.614. The Bertz CT molecular complexity index is 311. The first-order valence-corrected chi connectivity index (χ1v) is 8.12. The van der Waals surface area contributed by atoms with E-state index in [-0.39, 0.29) is 12.2 Å². The second kappa shape index (κ2) is 7.16. The molecule has 0 saturated carbocycles. The van der Waals surface area contributed by atoms with Gasteiger partial charge in [-0.1, -0.05) is 0 Å². The average Bonchev–Trinajstić information content (AvgIpc) is 2.83. The monoisotopic (exact) mass is 296 g/mol. The SMILES string of the molecule is COC(C)(C)O[C@H]1CO[C@H](CCP(=O)(OC)OC)C1. The van der Waals surface area contributed by atoms with Crippen LogP contribution in [0.5, 0.6) is 0 Å². The third kappa shape index (κ3) is 5.50. The van der Waals surface area contributed by atoms with Gasteiger partial charge in [-0.2, -0.15) is 0 Å². The standard InChI is InChI=1S/C12H25O6P/c1-12(2,14-3)18-11-8-10(17-9-11)6-7-19(13,15-4)16-5/h10-11H,6-9H2,1-5H3/t10-,11-/m1/s1. The molecular weight excluding hydrogens is 271 g/mol. The van der Waals surface area contributed by atoms with Crippen LogP contribution in [0.2, 0.25) is 0 Å². The third-order valence-electron chi connectivity index (χ3n) is 3.27. The zero-order chi connectivity index (χ0) is 14.5. The van der Waals surface area contributed by atoms with Crippen LogP contribution in [0.25, 0.3) is 0 Å². The number of hydrogen-bond donors (Lipinski definition) is 0. The molecule has 1 fully saturated rings. The van der Waals surface area contributed by atoms with Gasteiger partial charge < -0.3 is 23.3 Å². The fraction of sp³-hybridized carbons (Fsp3) is 1.00. The average molecular weight is 296 g/mol. The van der Waals surface area contributed by atoms with E-state index in [1.807, 2.05) is 13.8 Å². The van der Waals surface area contributed by atoms with Gasteiger partial charge in [-0.3, -0.25) is 4.57 Å². The predicted octanol–water partition coefficient (Wildman–Crippen LogP) is 2.42. The Balaban J connectivity index is 2.35. The molecule has 0 aromatic rings. The maximum Gasteiger partial charge on any atom is 0.330 e. The summed E-state index contributed by atoms with van der Waals surface area (Å²) < 4.78 is 38.3. The largest absolute Gasteiger partial charge is 0.375 e. The predicted molar refractivity (Wildman–Crippen MR) is 71.4 cm³/mol. The van der Waals surface area contributed by atoms with Crippen molar-refractivity contribution in [2.24, 2.45) is 0 Å². The molecular formula is C12H25O6P. The third-order valence-corrected chi connectivity index (χ3v) is 5.19. The highest BCUT2D eigenvalue weighted by molar-refractivity contribution is 7.53. The van der Waals surface area contributed by atoms with Gasteiger partial charge >= 0.3 is 7.60 Å². The summed E-state index contributed by atoms with van der Waals surface area (Å²) in [6.07, 6.45) is 1.78. The van der Waals surface area contributed by atoms with Crippen molar-refractivity contribution in [1.82, 2.24) is 0 Å². The molecule has 114 valence electrons. The fourth-order valence-corrected chi connectivity index (χ4v) is 3.08. The van der Waals surface area contributed by atoms with E-state index in [0.717, 1.165) is 6.42 Å². The van der Waals surface area contributed by atoms with Gasteiger partial charge in [-0.25, -0.2) is 0 Å². The molecule has 6 nitrogen and oxygen atoms in total. The Hall–Kier alpha value is 0.0300. The summed E-state index contributed by atoms with van der Waals surface area (Å²) in [5.41, 5.74) is 0. The maximum atomic E-state index is 11.9. The molecule has 1 aliphatic heterocycles. The molecule has 1 aliphatic rings. The fourth-order valence-electron chi connectivity index (χ4n) is 1.96. The van der Waals surface area contributed by atoms with E-state index in [4.69, 9.17) is 23.3 Å². The minimum absolute atomic E-state index is 0.00410. The van der Waals surface area contributed by atoms with Crippen LogP contribution in [0.15, 0.2) is 0 Å². The highest BCUT2D eigenvalue weighted by atomic mass is 31.2. The van der Waals surface area contributed by atoms with Crippen molar-refractivity contribution in [3.8, 4) is 0 Å². The molecule has 1 heterocycles. The van der Waals surface area contributed by atoms with Gasteiger partial charge in [-0.15, -0.1) is 0 Å². The first-order valence-electron chi connectivity index (χ1n) is 6.39. The first kappa shape index (κ1) is 17.1. The smallest absolute Gasteiger partial charge is 0.330 e. The molecule has 0 aliphatic carbocycles. The minimum Gasteiger partial charge on any atom is -0.375 e. The van der Waals surface area contributed by atoms with Crippen molar-refractivity contribution in [1.29, 1.82) is 0 Å². The Morgan fingerprint density at radius 1 is 1.26 bits per heavy atom. The Kier molecular flexibility index (Phi) is 6.43. The zero-order valence-electron chi connectivity index (χ0n) is 12.4. The van der Waals surface area contributed by atoms with Crippen molar-refractivity contribution >= 4 is 7.60 Å². The van der Waals surface area contributed by atoms with Crippen molar-refractivity contribution < 1.29 is 27.8 Å². The van der Waals surface area contributed by atoms with E-state index in [9.17, 15) is 4.57 Å². The lowest BCUT2D eigenvalue weighted by Crippen LogP contribution is -2.32. The van der Waals surface area contributed by atoms with Crippen molar-refractivity contribution in [2.45, 2.75) is 44.7 Å². The molecule has 0 bridgehead atoms. The van der Waals surface area contributed by atoms with E-state index in [1.165, 1.54) is 14.2 Å². The summed E-state index contributed by atoms with van der Waals surface area (Å²) in [6, 6.07) is 0. The molecule has 0 aromatic heterocycles. The van der Waals surface area contributed by atoms with Gasteiger partial charge in [-0.05, 0) is 20.3 Å². The van der Waals surface area contributed by atoms with E-state index >= 15 is 0 Å². The molecule has 7 heteroatoms. The zero-order valence-corrected chi connectivity index (χ0v) is 13.3. The molecule has 1 rings (SSSR count). The Morgan fingerprint density at radius 2 is 1.89 bits per heavy atom. The first-order chi connectivity index (χ1) is 8.84. The molecule has 0 unspecified atom stereocenters. The second-order valence-corrected chi connectivity index (χ2v) is 7.42. The number of rotatable bonds is 8. The summed E-state index contributed by atoms with van der Waals surface area (Å²) in [6.45, 7) is 4.26. The summed E-state index contributed by atoms with van der Waals surface area (Å²) >= 11 is 0. The molecule has 0 aromatic carbocycles. The van der Waals surface area contributed by atoms with Gasteiger partial charge in [0.1, 0.15) is 0 Å². The van der Waals surface area contributed by atoms with Crippen LogP contribution in [0, 0.1) is 0 Å². The van der Waals surface area contributed by atoms with Gasteiger partial charge in [0.05, 0.1) is 25.0 Å². The van der Waals surface area contributed by atoms with Crippen molar-refractivity contribution in [3.05, 3.63) is 0 Å². The summed E-state index contributed by atoms with van der Waals surface area (Å²) in [5, 5.41) is 0. The molecule has 19 heavy (non-hydrogen) atoms. The highest BCUT2D eigenvalue weighted by Gasteiger charge is 2.33. The van der Waals surface area contributed by atoms with E-state index in [2.05, 4.69) is 0 Å². The number of hydrogen-bond acceptors (Lipinski definition) is 6. The number of methoxy groups -OCH3 is 1. The van der Waals surface area contributed by atoms with Crippen LogP contribution >= 0.6 is 7.60 Å². The van der Waals surface area contributed by atoms with Gasteiger partial charge in [0.15, 0.2) is 5.79 Å². The summed E-state index contributed by atoms with van der Waals surface area (Å²) in [4.78, 5) is 0. The van der Waals surface area contributed by atoms with E-state index in [1.54, 1.807) is 7.11 Å². The quantitative estimate of drug-likeness (QED) is 0.506. The second-order valence-electron chi connectivity index (χ2n) is 5.02. The van der Waals surface area contributed by atoms with E-state index in [0.29, 0.717) is 19.2 Å². The lowest BCUT2D eigenvalue weighted by Gasteiger charge is -2.26. The van der Waals surface area contributed by atoms with Crippen LogP contribution in [-0.4, -0.2) is 52.1 Å². The van der Waals surface area contributed by atoms with Crippen molar-refractivity contribution in [2.75, 3.05) is 34.1 Å². The molecule has 1 saturated heterocycles. The lowest BCUT2D eigenvalue weighted by atomic mass is 10.1. The Labute approximate surface area is 115 Å².